The number of phenolic OH excluding ortho intramolecular Hbond substituents is 1. The van der Waals surface area contributed by atoms with Crippen molar-refractivity contribution in [1.29, 1.82) is 0 Å². The molecule has 8 nitrogen and oxygen atoms in total. The van der Waals surface area contributed by atoms with E-state index in [-0.39, 0.29) is 23.6 Å². The standard InChI is InChI=1S/C26H23N3O5/c1-28-12-13-34-21-10-7-17(14-20(21)28)24(31)22-23(16-5-8-19(30)9-6-16)29(26(33)25(22)32)15-18-4-2-3-11-27-18/h2-11,14,23,30-31H,12-13,15H2,1H3/b24-22-. The molecule has 34 heavy (non-hydrogen) atoms. The number of pyridine rings is 1. The van der Waals surface area contributed by atoms with E-state index in [4.69, 9.17) is 4.74 Å². The molecule has 1 atom stereocenters. The van der Waals surface area contributed by atoms with Crippen LogP contribution in [0.4, 0.5) is 5.69 Å². The predicted molar refractivity (Wildman–Crippen MR) is 125 cm³/mol. The van der Waals surface area contributed by atoms with Crippen molar-refractivity contribution in [2.45, 2.75) is 12.6 Å². The fraction of sp³-hybridized carbons (Fsp3) is 0.192. The van der Waals surface area contributed by atoms with Crippen molar-refractivity contribution >= 4 is 23.1 Å². The molecular formula is C26H23N3O5. The van der Waals surface area contributed by atoms with Crippen LogP contribution in [0.15, 0.2) is 72.4 Å². The van der Waals surface area contributed by atoms with Crippen molar-refractivity contribution in [3.63, 3.8) is 0 Å². The number of amides is 1. The number of benzene rings is 2. The van der Waals surface area contributed by atoms with Gasteiger partial charge in [0, 0.05) is 18.8 Å². The van der Waals surface area contributed by atoms with E-state index in [0.717, 1.165) is 5.69 Å². The lowest BCUT2D eigenvalue weighted by Gasteiger charge is -2.28. The van der Waals surface area contributed by atoms with Gasteiger partial charge >= 0.3 is 0 Å². The number of likely N-dealkylation sites (tertiary alicyclic amines) is 1. The topological polar surface area (TPSA) is 103 Å². The molecule has 2 aliphatic rings. The van der Waals surface area contributed by atoms with E-state index in [2.05, 4.69) is 4.98 Å². The Balaban J connectivity index is 1.64. The number of aromatic hydroxyl groups is 1. The van der Waals surface area contributed by atoms with Gasteiger partial charge in [0.05, 0.1) is 36.1 Å². The van der Waals surface area contributed by atoms with Gasteiger partial charge in [-0.2, -0.15) is 0 Å². The zero-order chi connectivity index (χ0) is 23.8. The minimum Gasteiger partial charge on any atom is -0.508 e. The maximum atomic E-state index is 13.2. The molecule has 0 radical (unpaired) electrons. The highest BCUT2D eigenvalue weighted by Gasteiger charge is 2.46. The van der Waals surface area contributed by atoms with Crippen molar-refractivity contribution in [2.24, 2.45) is 0 Å². The summed E-state index contributed by atoms with van der Waals surface area (Å²) in [4.78, 5) is 34.0. The van der Waals surface area contributed by atoms with E-state index >= 15 is 0 Å². The quantitative estimate of drug-likeness (QED) is 0.352. The van der Waals surface area contributed by atoms with Crippen LogP contribution in [0, 0.1) is 0 Å². The molecule has 3 heterocycles. The third-order valence-electron chi connectivity index (χ3n) is 6.14. The molecule has 172 valence electrons. The summed E-state index contributed by atoms with van der Waals surface area (Å²) >= 11 is 0. The van der Waals surface area contributed by atoms with Gasteiger partial charge in [-0.25, -0.2) is 0 Å². The molecule has 1 unspecified atom stereocenters. The Hall–Kier alpha value is -4.33. The van der Waals surface area contributed by atoms with Crippen LogP contribution in [-0.2, 0) is 16.1 Å². The van der Waals surface area contributed by atoms with Crippen molar-refractivity contribution in [1.82, 2.24) is 9.88 Å². The second-order valence-corrected chi connectivity index (χ2v) is 8.29. The van der Waals surface area contributed by atoms with Crippen molar-refractivity contribution < 1.29 is 24.5 Å². The average Bonchev–Trinajstić information content (AvgIpc) is 3.10. The number of carbonyl (C=O) groups excluding carboxylic acids is 2. The molecule has 0 saturated carbocycles. The normalized spacial score (nSPS) is 19.1. The Morgan fingerprint density at radius 3 is 2.65 bits per heavy atom. The summed E-state index contributed by atoms with van der Waals surface area (Å²) in [5.41, 5.74) is 2.40. The molecular weight excluding hydrogens is 434 g/mol. The Morgan fingerprint density at radius 2 is 1.91 bits per heavy atom. The number of hydrogen-bond acceptors (Lipinski definition) is 7. The number of nitrogens with zero attached hydrogens (tertiary/aromatic N) is 3. The predicted octanol–water partition coefficient (Wildman–Crippen LogP) is 3.24. The zero-order valence-corrected chi connectivity index (χ0v) is 18.5. The molecule has 5 rings (SSSR count). The minimum atomic E-state index is -0.840. The minimum absolute atomic E-state index is 0.00838. The number of fused-ring (bicyclic) bond motifs is 1. The number of ketones is 1. The molecule has 0 spiro atoms. The molecule has 0 bridgehead atoms. The lowest BCUT2D eigenvalue weighted by atomic mass is 9.95. The van der Waals surface area contributed by atoms with Crippen LogP contribution >= 0.6 is 0 Å². The molecule has 0 aliphatic carbocycles. The number of Topliss-reactive ketones (excluding diaryl/α,β-unsaturated/α-hetero) is 1. The van der Waals surface area contributed by atoms with Crippen LogP contribution < -0.4 is 9.64 Å². The number of aliphatic hydroxyl groups excluding tert-OH is 1. The van der Waals surface area contributed by atoms with Gasteiger partial charge in [-0.3, -0.25) is 14.6 Å². The molecule has 2 N–H and O–H groups in total. The van der Waals surface area contributed by atoms with Gasteiger partial charge in [-0.05, 0) is 48.0 Å². The summed E-state index contributed by atoms with van der Waals surface area (Å²) in [6.07, 6.45) is 1.62. The lowest BCUT2D eigenvalue weighted by molar-refractivity contribution is -0.140. The van der Waals surface area contributed by atoms with Gasteiger partial charge in [-0.1, -0.05) is 18.2 Å². The number of hydrogen-bond donors (Lipinski definition) is 2. The molecule has 8 heteroatoms. The van der Waals surface area contributed by atoms with E-state index in [1.807, 2.05) is 11.9 Å². The third-order valence-corrected chi connectivity index (χ3v) is 6.14. The molecule has 2 aromatic carbocycles. The fourth-order valence-electron chi connectivity index (χ4n) is 4.37. The van der Waals surface area contributed by atoms with E-state index < -0.39 is 17.7 Å². The Bertz CT molecular complexity index is 1290. The maximum Gasteiger partial charge on any atom is 0.296 e. The van der Waals surface area contributed by atoms with Gasteiger partial charge in [0.1, 0.15) is 23.9 Å². The SMILES string of the molecule is CN1CCOc2ccc(/C(O)=C3/C(=O)C(=O)N(Cc4ccccn4)C3c3ccc(O)cc3)cc21. The zero-order valence-electron chi connectivity index (χ0n) is 18.5. The number of likely N-dealkylation sites (N-methyl/N-ethyl adjacent to an activating group) is 1. The first-order chi connectivity index (χ1) is 16.4. The summed E-state index contributed by atoms with van der Waals surface area (Å²) in [7, 11) is 1.92. The number of anilines is 1. The molecule has 2 aliphatic heterocycles. The first kappa shape index (κ1) is 21.5. The molecule has 1 fully saturated rings. The van der Waals surface area contributed by atoms with Gasteiger partial charge in [0.15, 0.2) is 0 Å². The number of rotatable bonds is 4. The second-order valence-electron chi connectivity index (χ2n) is 8.29. The van der Waals surface area contributed by atoms with Crippen molar-refractivity contribution in [3.8, 4) is 11.5 Å². The van der Waals surface area contributed by atoms with E-state index in [1.54, 1.807) is 54.7 Å². The summed E-state index contributed by atoms with van der Waals surface area (Å²) in [5.74, 6) is -1.00. The van der Waals surface area contributed by atoms with Crippen LogP contribution in [0.3, 0.4) is 0 Å². The van der Waals surface area contributed by atoms with Crippen molar-refractivity contribution in [3.05, 3.63) is 89.3 Å². The summed E-state index contributed by atoms with van der Waals surface area (Å²) in [5, 5.41) is 21.1. The van der Waals surface area contributed by atoms with Crippen LogP contribution in [0.25, 0.3) is 5.76 Å². The largest absolute Gasteiger partial charge is 0.508 e. The van der Waals surface area contributed by atoms with Crippen LogP contribution in [0.2, 0.25) is 0 Å². The Kier molecular flexibility index (Phi) is 5.41. The second kappa shape index (κ2) is 8.55. The smallest absolute Gasteiger partial charge is 0.296 e. The maximum absolute atomic E-state index is 13.2. The highest BCUT2D eigenvalue weighted by atomic mass is 16.5. The number of carbonyl (C=O) groups is 2. The molecule has 1 saturated heterocycles. The lowest BCUT2D eigenvalue weighted by Crippen LogP contribution is -2.29. The van der Waals surface area contributed by atoms with Gasteiger partial charge in [-0.15, -0.1) is 0 Å². The van der Waals surface area contributed by atoms with E-state index in [0.29, 0.717) is 35.7 Å². The van der Waals surface area contributed by atoms with E-state index in [9.17, 15) is 19.8 Å². The number of ether oxygens (including phenoxy) is 1. The van der Waals surface area contributed by atoms with Gasteiger partial charge in [0.2, 0.25) is 0 Å². The van der Waals surface area contributed by atoms with Crippen LogP contribution in [0.5, 0.6) is 11.5 Å². The average molecular weight is 457 g/mol. The van der Waals surface area contributed by atoms with Crippen LogP contribution in [-0.4, -0.2) is 52.0 Å². The Morgan fingerprint density at radius 1 is 1.12 bits per heavy atom. The summed E-state index contributed by atoms with van der Waals surface area (Å²) < 4.78 is 5.68. The first-order valence-corrected chi connectivity index (χ1v) is 10.9. The highest BCUT2D eigenvalue weighted by molar-refractivity contribution is 6.46. The van der Waals surface area contributed by atoms with Crippen molar-refractivity contribution in [2.75, 3.05) is 25.1 Å². The molecule has 3 aromatic rings. The number of aliphatic hydroxyl groups is 1. The fourth-order valence-corrected chi connectivity index (χ4v) is 4.37. The van der Waals surface area contributed by atoms with E-state index in [1.165, 1.54) is 17.0 Å². The number of aromatic nitrogens is 1. The van der Waals surface area contributed by atoms with Gasteiger partial charge < -0.3 is 24.7 Å². The first-order valence-electron chi connectivity index (χ1n) is 10.9. The summed E-state index contributed by atoms with van der Waals surface area (Å²) in [6, 6.07) is 15.9. The van der Waals surface area contributed by atoms with Crippen LogP contribution in [0.1, 0.15) is 22.9 Å². The highest BCUT2D eigenvalue weighted by Crippen LogP contribution is 2.42. The monoisotopic (exact) mass is 457 g/mol. The number of phenols is 1. The third kappa shape index (κ3) is 3.73. The summed E-state index contributed by atoms with van der Waals surface area (Å²) in [6.45, 7) is 1.35. The molecule has 1 amide bonds. The van der Waals surface area contributed by atoms with Gasteiger partial charge in [0.25, 0.3) is 11.7 Å². The Labute approximate surface area is 196 Å². The molecule has 1 aromatic heterocycles.